The molecule has 2 aliphatic heterocycles. The third-order valence-electron chi connectivity index (χ3n) is 7.28. The number of likely N-dealkylation sites (N-methyl/N-ethyl adjacent to an activating group) is 1. The van der Waals surface area contributed by atoms with Gasteiger partial charge in [0.25, 0.3) is 5.56 Å². The van der Waals surface area contributed by atoms with Crippen molar-refractivity contribution in [2.24, 2.45) is 11.8 Å². The van der Waals surface area contributed by atoms with Gasteiger partial charge in [0.1, 0.15) is 0 Å². The highest BCUT2D eigenvalue weighted by Gasteiger charge is 2.54. The zero-order valence-electron chi connectivity index (χ0n) is 18.8. The number of aliphatic hydroxyl groups excluding tert-OH is 1. The molecule has 0 spiro atoms. The van der Waals surface area contributed by atoms with Crippen LogP contribution < -0.4 is 10.9 Å². The second-order valence-electron chi connectivity index (χ2n) is 9.02. The van der Waals surface area contributed by atoms with E-state index in [9.17, 15) is 14.7 Å². The maximum absolute atomic E-state index is 13.5. The van der Waals surface area contributed by atoms with Gasteiger partial charge in [0, 0.05) is 54.3 Å². The SMILES string of the molecule is C[C@@H](NC(=O)[C@@H]1[C@@H](CO)[C@@H]2Cn3c(ccc(-c4cccnc4)c3=O)[C@H]1N2C)c1ccccc1. The molecular formula is C26H28N4O3. The molecule has 0 aliphatic carbocycles. The van der Waals surface area contributed by atoms with Crippen molar-refractivity contribution >= 4 is 5.91 Å². The molecule has 0 unspecified atom stereocenters. The summed E-state index contributed by atoms with van der Waals surface area (Å²) in [6.07, 6.45) is 3.37. The fraction of sp³-hybridized carbons (Fsp3) is 0.346. The normalized spacial score (nSPS) is 24.8. The van der Waals surface area contributed by atoms with E-state index in [1.807, 2.05) is 68.6 Å². The average molecular weight is 445 g/mol. The molecule has 2 bridgehead atoms. The summed E-state index contributed by atoms with van der Waals surface area (Å²) in [5.41, 5.74) is 3.12. The summed E-state index contributed by atoms with van der Waals surface area (Å²) in [5.74, 6) is -0.806. The van der Waals surface area contributed by atoms with Crippen LogP contribution in [-0.4, -0.2) is 45.2 Å². The molecule has 2 N–H and O–H groups in total. The summed E-state index contributed by atoms with van der Waals surface area (Å²) < 4.78 is 1.79. The molecule has 1 amide bonds. The van der Waals surface area contributed by atoms with Gasteiger partial charge in [-0.3, -0.25) is 19.5 Å². The highest BCUT2D eigenvalue weighted by molar-refractivity contribution is 5.81. The van der Waals surface area contributed by atoms with Crippen molar-refractivity contribution in [1.29, 1.82) is 0 Å². The van der Waals surface area contributed by atoms with Gasteiger partial charge in [0.05, 0.1) is 18.0 Å². The van der Waals surface area contributed by atoms with Crippen LogP contribution in [0, 0.1) is 11.8 Å². The first kappa shape index (κ1) is 21.6. The molecule has 0 radical (unpaired) electrons. The standard InChI is InChI=1S/C26H28N4O3/c1-16(17-7-4-3-5-8-17)28-25(32)23-20(15-31)22-14-30-21(24(23)29(22)2)11-10-19(26(30)33)18-9-6-12-27-13-18/h3-13,16,20,22-24,31H,14-15H2,1-2H3,(H,28,32)/t16-,20+,22+,23-,24-/m1/s1. The Morgan fingerprint density at radius 2 is 1.97 bits per heavy atom. The molecule has 0 saturated carbocycles. The molecule has 1 saturated heterocycles. The summed E-state index contributed by atoms with van der Waals surface area (Å²) in [7, 11) is 1.98. The Morgan fingerprint density at radius 3 is 2.67 bits per heavy atom. The van der Waals surface area contributed by atoms with E-state index in [1.165, 1.54) is 0 Å². The molecule has 3 aromatic rings. The molecule has 4 heterocycles. The lowest BCUT2D eigenvalue weighted by molar-refractivity contribution is -0.128. The monoisotopic (exact) mass is 444 g/mol. The lowest BCUT2D eigenvalue weighted by Gasteiger charge is -2.35. The van der Waals surface area contributed by atoms with Crippen LogP contribution in [0.15, 0.2) is 71.8 Å². The van der Waals surface area contributed by atoms with Gasteiger partial charge >= 0.3 is 0 Å². The van der Waals surface area contributed by atoms with E-state index in [2.05, 4.69) is 15.2 Å². The van der Waals surface area contributed by atoms with Crippen molar-refractivity contribution < 1.29 is 9.90 Å². The van der Waals surface area contributed by atoms with Crippen molar-refractivity contribution in [1.82, 2.24) is 19.8 Å². The molecule has 170 valence electrons. The molecule has 5 atom stereocenters. The predicted octanol–water partition coefficient (Wildman–Crippen LogP) is 2.38. The number of nitrogens with zero attached hydrogens (tertiary/aromatic N) is 3. The summed E-state index contributed by atoms with van der Waals surface area (Å²) in [6.45, 7) is 2.30. The van der Waals surface area contributed by atoms with Crippen molar-refractivity contribution in [2.45, 2.75) is 31.6 Å². The van der Waals surface area contributed by atoms with E-state index in [-0.39, 0.29) is 42.1 Å². The number of hydrogen-bond acceptors (Lipinski definition) is 5. The van der Waals surface area contributed by atoms with Gasteiger partial charge in [-0.25, -0.2) is 0 Å². The van der Waals surface area contributed by atoms with Gasteiger partial charge in [-0.05, 0) is 37.7 Å². The molecule has 7 nitrogen and oxygen atoms in total. The topological polar surface area (TPSA) is 87.5 Å². The lowest BCUT2D eigenvalue weighted by Crippen LogP contribution is -2.44. The minimum Gasteiger partial charge on any atom is -0.396 e. The summed E-state index contributed by atoms with van der Waals surface area (Å²) >= 11 is 0. The number of amides is 1. The summed E-state index contributed by atoms with van der Waals surface area (Å²) in [6, 6.07) is 16.8. The van der Waals surface area contributed by atoms with Gasteiger partial charge in [-0.15, -0.1) is 0 Å². The van der Waals surface area contributed by atoms with Crippen LogP contribution in [0.2, 0.25) is 0 Å². The van der Waals surface area contributed by atoms with Gasteiger partial charge in [0.2, 0.25) is 5.91 Å². The second kappa shape index (κ2) is 8.57. The van der Waals surface area contributed by atoms with Crippen LogP contribution in [0.5, 0.6) is 0 Å². The fourth-order valence-corrected chi connectivity index (χ4v) is 5.57. The molecule has 1 aromatic carbocycles. The number of aromatic nitrogens is 2. The van der Waals surface area contributed by atoms with Crippen LogP contribution in [-0.2, 0) is 11.3 Å². The van der Waals surface area contributed by atoms with E-state index in [4.69, 9.17) is 0 Å². The van der Waals surface area contributed by atoms with Gasteiger partial charge in [0.15, 0.2) is 0 Å². The number of aliphatic hydroxyl groups is 1. The van der Waals surface area contributed by atoms with Crippen molar-refractivity contribution in [2.75, 3.05) is 13.7 Å². The largest absolute Gasteiger partial charge is 0.396 e. The first-order valence-electron chi connectivity index (χ1n) is 11.3. The number of fused-ring (bicyclic) bond motifs is 4. The zero-order valence-corrected chi connectivity index (χ0v) is 18.8. The average Bonchev–Trinajstić information content (AvgIpc) is 3.02. The Bertz CT molecular complexity index is 1210. The number of nitrogens with one attached hydrogen (secondary N) is 1. The Morgan fingerprint density at radius 1 is 1.18 bits per heavy atom. The number of rotatable bonds is 5. The van der Waals surface area contributed by atoms with E-state index < -0.39 is 5.92 Å². The third kappa shape index (κ3) is 3.57. The van der Waals surface area contributed by atoms with E-state index in [0.29, 0.717) is 12.1 Å². The quantitative estimate of drug-likeness (QED) is 0.631. The predicted molar refractivity (Wildman–Crippen MR) is 125 cm³/mol. The number of hydrogen-bond donors (Lipinski definition) is 2. The summed E-state index contributed by atoms with van der Waals surface area (Å²) in [4.78, 5) is 33.2. The van der Waals surface area contributed by atoms with Crippen LogP contribution in [0.3, 0.4) is 0 Å². The van der Waals surface area contributed by atoms with E-state index in [0.717, 1.165) is 16.8 Å². The van der Waals surface area contributed by atoms with E-state index >= 15 is 0 Å². The smallest absolute Gasteiger partial charge is 0.258 e. The van der Waals surface area contributed by atoms with Crippen LogP contribution in [0.4, 0.5) is 0 Å². The van der Waals surface area contributed by atoms with Crippen molar-refractivity contribution in [3.05, 3.63) is 88.6 Å². The maximum atomic E-state index is 13.5. The number of benzene rings is 1. The van der Waals surface area contributed by atoms with Gasteiger partial charge in [-0.2, -0.15) is 0 Å². The van der Waals surface area contributed by atoms with Gasteiger partial charge in [-0.1, -0.05) is 36.4 Å². The number of carbonyl (C=O) groups excluding carboxylic acids is 1. The first-order valence-corrected chi connectivity index (χ1v) is 11.3. The number of carbonyl (C=O) groups is 1. The Balaban J connectivity index is 1.51. The van der Waals surface area contributed by atoms with Crippen LogP contribution >= 0.6 is 0 Å². The van der Waals surface area contributed by atoms with Crippen LogP contribution in [0.1, 0.15) is 30.3 Å². The minimum absolute atomic E-state index is 0.0843. The molecule has 2 aliphatic rings. The minimum atomic E-state index is -0.450. The molecule has 33 heavy (non-hydrogen) atoms. The van der Waals surface area contributed by atoms with Gasteiger partial charge < -0.3 is 15.0 Å². The maximum Gasteiger partial charge on any atom is 0.258 e. The third-order valence-corrected chi connectivity index (χ3v) is 7.28. The molecule has 2 aromatic heterocycles. The first-order chi connectivity index (χ1) is 16.0. The molecule has 7 heteroatoms. The van der Waals surface area contributed by atoms with Crippen molar-refractivity contribution in [3.63, 3.8) is 0 Å². The van der Waals surface area contributed by atoms with Crippen LogP contribution in [0.25, 0.3) is 11.1 Å². The second-order valence-corrected chi connectivity index (χ2v) is 9.02. The molecule has 1 fully saturated rings. The summed E-state index contributed by atoms with van der Waals surface area (Å²) in [5, 5.41) is 13.4. The Hall–Kier alpha value is -3.29. The fourth-order valence-electron chi connectivity index (χ4n) is 5.57. The number of pyridine rings is 2. The lowest BCUT2D eigenvalue weighted by atomic mass is 9.86. The van der Waals surface area contributed by atoms with Crippen molar-refractivity contribution in [3.8, 4) is 11.1 Å². The molecule has 5 rings (SSSR count). The Labute approximate surface area is 192 Å². The highest BCUT2D eigenvalue weighted by Crippen LogP contribution is 2.47. The zero-order chi connectivity index (χ0) is 23.1. The van der Waals surface area contributed by atoms with E-state index in [1.54, 1.807) is 17.0 Å². The molecular weight excluding hydrogens is 416 g/mol. The highest BCUT2D eigenvalue weighted by atomic mass is 16.3. The Kier molecular flexibility index (Phi) is 5.60.